The molecule has 20 heavy (non-hydrogen) atoms. The number of hydrogen-bond acceptors (Lipinski definition) is 4. The second-order valence-electron chi connectivity index (χ2n) is 4.78. The summed E-state index contributed by atoms with van der Waals surface area (Å²) in [6.45, 7) is 2.18. The summed E-state index contributed by atoms with van der Waals surface area (Å²) in [4.78, 5) is 22.1. The number of aromatic nitrogens is 1. The SMILES string of the molecule is CC(=O)NC(CSC1CCn2ccc(CO)c21)C(=O)O. The van der Waals surface area contributed by atoms with Gasteiger partial charge in [0.25, 0.3) is 0 Å². The van der Waals surface area contributed by atoms with Gasteiger partial charge in [-0.1, -0.05) is 0 Å². The highest BCUT2D eigenvalue weighted by atomic mass is 32.2. The number of hydrogen-bond donors (Lipinski definition) is 3. The van der Waals surface area contributed by atoms with Crippen LogP contribution < -0.4 is 5.32 Å². The van der Waals surface area contributed by atoms with Gasteiger partial charge >= 0.3 is 5.97 Å². The number of aliphatic hydroxyl groups is 1. The number of carbonyl (C=O) groups excluding carboxylic acids is 1. The lowest BCUT2D eigenvalue weighted by atomic mass is 10.2. The van der Waals surface area contributed by atoms with Crippen LogP contribution in [0.25, 0.3) is 0 Å². The zero-order valence-electron chi connectivity index (χ0n) is 11.2. The second-order valence-corrected chi connectivity index (χ2v) is 6.02. The Morgan fingerprint density at radius 3 is 2.95 bits per heavy atom. The lowest BCUT2D eigenvalue weighted by Gasteiger charge is -2.16. The zero-order chi connectivity index (χ0) is 14.7. The topological polar surface area (TPSA) is 91.6 Å². The predicted molar refractivity (Wildman–Crippen MR) is 75.4 cm³/mol. The standard InChI is InChI=1S/C13H18N2O4S/c1-8(17)14-10(13(18)19)7-20-11-3-5-15-4-2-9(6-16)12(11)15/h2,4,10-11,16H,3,5-7H2,1H3,(H,14,17)(H,18,19). The van der Waals surface area contributed by atoms with E-state index in [4.69, 9.17) is 5.11 Å². The van der Waals surface area contributed by atoms with Crippen molar-refractivity contribution in [2.24, 2.45) is 0 Å². The zero-order valence-corrected chi connectivity index (χ0v) is 12.0. The Morgan fingerprint density at radius 1 is 1.60 bits per heavy atom. The number of fused-ring (bicyclic) bond motifs is 1. The van der Waals surface area contributed by atoms with Crippen molar-refractivity contribution in [2.75, 3.05) is 5.75 Å². The summed E-state index contributed by atoms with van der Waals surface area (Å²) >= 11 is 1.51. The van der Waals surface area contributed by atoms with E-state index in [2.05, 4.69) is 9.88 Å². The molecule has 2 atom stereocenters. The summed E-state index contributed by atoms with van der Waals surface area (Å²) in [7, 11) is 0. The Kier molecular flexibility index (Phi) is 4.72. The lowest BCUT2D eigenvalue weighted by molar-refractivity contribution is -0.140. The quantitative estimate of drug-likeness (QED) is 0.721. The lowest BCUT2D eigenvalue weighted by Crippen LogP contribution is -2.41. The molecule has 2 heterocycles. The molecule has 0 aromatic carbocycles. The first-order chi connectivity index (χ1) is 9.52. The van der Waals surface area contributed by atoms with Crippen molar-refractivity contribution >= 4 is 23.6 Å². The molecule has 110 valence electrons. The van der Waals surface area contributed by atoms with Gasteiger partial charge in [0.1, 0.15) is 6.04 Å². The van der Waals surface area contributed by atoms with Crippen LogP contribution in [0.4, 0.5) is 0 Å². The van der Waals surface area contributed by atoms with E-state index in [1.54, 1.807) is 0 Å². The van der Waals surface area contributed by atoms with Crippen LogP contribution in [-0.2, 0) is 22.7 Å². The smallest absolute Gasteiger partial charge is 0.327 e. The number of rotatable bonds is 6. The fourth-order valence-corrected chi connectivity index (χ4v) is 3.81. The number of carboxylic acids is 1. The van der Waals surface area contributed by atoms with Crippen LogP contribution in [0.15, 0.2) is 12.3 Å². The fraction of sp³-hybridized carbons (Fsp3) is 0.538. The van der Waals surface area contributed by atoms with E-state index in [1.165, 1.54) is 18.7 Å². The number of nitrogens with zero attached hydrogens (tertiary/aromatic N) is 1. The Labute approximate surface area is 121 Å². The molecule has 0 fully saturated rings. The normalized spacial score (nSPS) is 18.6. The first-order valence-electron chi connectivity index (χ1n) is 6.43. The monoisotopic (exact) mass is 298 g/mol. The van der Waals surface area contributed by atoms with E-state index < -0.39 is 12.0 Å². The van der Waals surface area contributed by atoms with Gasteiger partial charge in [-0.15, -0.1) is 11.8 Å². The molecule has 1 amide bonds. The number of thioether (sulfide) groups is 1. The highest BCUT2D eigenvalue weighted by molar-refractivity contribution is 7.99. The molecular weight excluding hydrogens is 280 g/mol. The number of nitrogens with one attached hydrogen (secondary N) is 1. The summed E-state index contributed by atoms with van der Waals surface area (Å²) in [5.41, 5.74) is 1.97. The van der Waals surface area contributed by atoms with Crippen molar-refractivity contribution in [3.63, 3.8) is 0 Å². The van der Waals surface area contributed by atoms with Gasteiger partial charge in [0.05, 0.1) is 6.61 Å². The van der Waals surface area contributed by atoms with E-state index >= 15 is 0 Å². The molecule has 1 aliphatic heterocycles. The Hall–Kier alpha value is -1.47. The second kappa shape index (κ2) is 6.32. The Bertz CT molecular complexity index is 514. The summed E-state index contributed by atoms with van der Waals surface area (Å²) in [5, 5.41) is 21.0. The van der Waals surface area contributed by atoms with Crippen LogP contribution in [0.1, 0.15) is 29.9 Å². The number of amides is 1. The molecule has 0 bridgehead atoms. The van der Waals surface area contributed by atoms with Crippen LogP contribution in [-0.4, -0.2) is 38.5 Å². The van der Waals surface area contributed by atoms with Gasteiger partial charge in [-0.2, -0.15) is 0 Å². The van der Waals surface area contributed by atoms with Crippen molar-refractivity contribution in [2.45, 2.75) is 37.8 Å². The number of aliphatic hydroxyl groups excluding tert-OH is 1. The third kappa shape index (κ3) is 3.16. The van der Waals surface area contributed by atoms with Gasteiger partial charge in [0, 0.05) is 36.4 Å². The molecule has 3 N–H and O–H groups in total. The van der Waals surface area contributed by atoms with Crippen LogP contribution in [0.3, 0.4) is 0 Å². The average Bonchev–Trinajstić information content (AvgIpc) is 2.95. The van der Waals surface area contributed by atoms with Gasteiger partial charge in [0.2, 0.25) is 5.91 Å². The molecule has 6 nitrogen and oxygen atoms in total. The van der Waals surface area contributed by atoms with Gasteiger partial charge in [0.15, 0.2) is 0 Å². The largest absolute Gasteiger partial charge is 0.480 e. The van der Waals surface area contributed by atoms with Crippen LogP contribution in [0, 0.1) is 0 Å². The molecule has 0 radical (unpaired) electrons. The summed E-state index contributed by atoms with van der Waals surface area (Å²) < 4.78 is 2.09. The highest BCUT2D eigenvalue weighted by Crippen LogP contribution is 2.40. The van der Waals surface area contributed by atoms with Crippen LogP contribution in [0.5, 0.6) is 0 Å². The van der Waals surface area contributed by atoms with E-state index in [9.17, 15) is 14.7 Å². The van der Waals surface area contributed by atoms with Gasteiger partial charge < -0.3 is 20.1 Å². The Morgan fingerprint density at radius 2 is 2.35 bits per heavy atom. The molecule has 1 aromatic heterocycles. The molecule has 2 unspecified atom stereocenters. The first-order valence-corrected chi connectivity index (χ1v) is 7.48. The summed E-state index contributed by atoms with van der Waals surface area (Å²) in [6, 6.07) is 1.02. The highest BCUT2D eigenvalue weighted by Gasteiger charge is 2.28. The number of aryl methyl sites for hydroxylation is 1. The van der Waals surface area contributed by atoms with Crippen molar-refractivity contribution in [1.29, 1.82) is 0 Å². The number of aliphatic carboxylic acids is 1. The first kappa shape index (κ1) is 14.9. The molecule has 0 spiro atoms. The van der Waals surface area contributed by atoms with Gasteiger partial charge in [-0.25, -0.2) is 4.79 Å². The maximum absolute atomic E-state index is 11.1. The molecule has 1 aliphatic rings. The molecule has 0 saturated carbocycles. The van der Waals surface area contributed by atoms with E-state index in [1.807, 2.05) is 12.3 Å². The third-order valence-corrected chi connectivity index (χ3v) is 4.73. The fourth-order valence-electron chi connectivity index (χ4n) is 2.44. The van der Waals surface area contributed by atoms with Crippen LogP contribution in [0.2, 0.25) is 0 Å². The molecule has 0 saturated heterocycles. The van der Waals surface area contributed by atoms with Gasteiger partial charge in [-0.05, 0) is 18.1 Å². The molecule has 2 rings (SSSR count). The van der Waals surface area contributed by atoms with Crippen molar-refractivity contribution < 1.29 is 19.8 Å². The van der Waals surface area contributed by atoms with Crippen LogP contribution >= 0.6 is 11.8 Å². The minimum Gasteiger partial charge on any atom is -0.480 e. The third-order valence-electron chi connectivity index (χ3n) is 3.34. The molecule has 7 heteroatoms. The number of carboxylic acid groups (broad SMARTS) is 1. The van der Waals surface area contributed by atoms with E-state index in [0.717, 1.165) is 24.2 Å². The van der Waals surface area contributed by atoms with Crippen molar-refractivity contribution in [3.8, 4) is 0 Å². The van der Waals surface area contributed by atoms with Gasteiger partial charge in [-0.3, -0.25) is 4.79 Å². The maximum Gasteiger partial charge on any atom is 0.327 e. The Balaban J connectivity index is 2.00. The summed E-state index contributed by atoms with van der Waals surface area (Å²) in [6.07, 6.45) is 2.87. The van der Waals surface area contributed by atoms with E-state index in [0.29, 0.717) is 5.75 Å². The van der Waals surface area contributed by atoms with E-state index in [-0.39, 0.29) is 17.8 Å². The number of carbonyl (C=O) groups is 2. The molecule has 0 aliphatic carbocycles. The summed E-state index contributed by atoms with van der Waals surface area (Å²) in [5.74, 6) is -1.05. The molecule has 1 aromatic rings. The van der Waals surface area contributed by atoms with Crippen molar-refractivity contribution in [1.82, 2.24) is 9.88 Å². The van der Waals surface area contributed by atoms with Crippen molar-refractivity contribution in [3.05, 3.63) is 23.5 Å². The minimum atomic E-state index is -1.02. The maximum atomic E-state index is 11.1. The minimum absolute atomic E-state index is 0.00650. The predicted octanol–water partition coefficient (Wildman–Crippen LogP) is 0.748. The molecular formula is C13H18N2O4S. The average molecular weight is 298 g/mol.